The summed E-state index contributed by atoms with van der Waals surface area (Å²) in [4.78, 5) is 36.9. The lowest BCUT2D eigenvalue weighted by Gasteiger charge is -2.15. The first kappa shape index (κ1) is 16.6. The number of amides is 4. The molecule has 0 bridgehead atoms. The topological polar surface area (TPSA) is 93.8 Å². The molecule has 0 saturated carbocycles. The van der Waals surface area contributed by atoms with E-state index in [9.17, 15) is 18.8 Å². The fraction of sp³-hybridized carbons (Fsp3) is 0.231. The SMILES string of the molecule is CN1CC(=O)N(CC(=O)NNC(=S)Nc2ccccc2F)C1=O. The number of thiocarbonyl (C=S) groups is 1. The van der Waals surface area contributed by atoms with Gasteiger partial charge in [-0.25, -0.2) is 9.18 Å². The maximum absolute atomic E-state index is 13.4. The summed E-state index contributed by atoms with van der Waals surface area (Å²) in [7, 11) is 1.46. The molecule has 0 unspecified atom stereocenters. The van der Waals surface area contributed by atoms with Crippen LogP contribution in [0.15, 0.2) is 24.3 Å². The van der Waals surface area contributed by atoms with Crippen LogP contribution in [-0.2, 0) is 9.59 Å². The Morgan fingerprint density at radius 2 is 2.00 bits per heavy atom. The van der Waals surface area contributed by atoms with Gasteiger partial charge in [-0.2, -0.15) is 0 Å². The van der Waals surface area contributed by atoms with Crippen molar-refractivity contribution in [2.24, 2.45) is 0 Å². The minimum atomic E-state index is -0.639. The van der Waals surface area contributed by atoms with Crippen molar-refractivity contribution in [1.29, 1.82) is 0 Å². The molecule has 1 aliphatic heterocycles. The lowest BCUT2D eigenvalue weighted by Crippen LogP contribution is -2.49. The molecule has 0 atom stereocenters. The van der Waals surface area contributed by atoms with E-state index in [-0.39, 0.29) is 17.3 Å². The van der Waals surface area contributed by atoms with Gasteiger partial charge < -0.3 is 10.2 Å². The Balaban J connectivity index is 1.80. The van der Waals surface area contributed by atoms with Crippen molar-refractivity contribution in [2.45, 2.75) is 0 Å². The molecule has 8 nitrogen and oxygen atoms in total. The standard InChI is InChI=1S/C13H14FN5O3S/c1-18-7-11(21)19(13(18)22)6-10(20)16-17-12(23)15-9-5-3-2-4-8(9)14/h2-5H,6-7H2,1H3,(H,16,20)(H2,15,17,23). The fourth-order valence-electron chi connectivity index (χ4n) is 1.85. The summed E-state index contributed by atoms with van der Waals surface area (Å²) in [6.45, 7) is -0.496. The van der Waals surface area contributed by atoms with E-state index in [2.05, 4.69) is 16.2 Å². The lowest BCUT2D eigenvalue weighted by molar-refractivity contribution is -0.130. The first-order valence-electron chi connectivity index (χ1n) is 6.54. The van der Waals surface area contributed by atoms with Crippen LogP contribution in [0.25, 0.3) is 0 Å². The highest BCUT2D eigenvalue weighted by Crippen LogP contribution is 2.11. The summed E-state index contributed by atoms with van der Waals surface area (Å²) in [5.74, 6) is -1.60. The zero-order valence-corrected chi connectivity index (χ0v) is 12.9. The third-order valence-electron chi connectivity index (χ3n) is 2.97. The Kier molecular flexibility index (Phi) is 5.06. The van der Waals surface area contributed by atoms with Crippen LogP contribution in [0.2, 0.25) is 0 Å². The minimum Gasteiger partial charge on any atom is -0.329 e. The lowest BCUT2D eigenvalue weighted by atomic mass is 10.3. The fourth-order valence-corrected chi connectivity index (χ4v) is 2.01. The highest BCUT2D eigenvalue weighted by molar-refractivity contribution is 7.80. The number of hydrogen-bond acceptors (Lipinski definition) is 4. The molecule has 0 aliphatic carbocycles. The number of nitrogens with one attached hydrogen (secondary N) is 3. The first-order chi connectivity index (χ1) is 10.9. The molecule has 1 heterocycles. The second-order valence-corrected chi connectivity index (χ2v) is 5.13. The maximum atomic E-state index is 13.4. The van der Waals surface area contributed by atoms with E-state index in [1.54, 1.807) is 6.07 Å². The Morgan fingerprint density at radius 1 is 1.30 bits per heavy atom. The van der Waals surface area contributed by atoms with Gasteiger partial charge in [-0.3, -0.25) is 25.3 Å². The van der Waals surface area contributed by atoms with E-state index in [1.807, 2.05) is 0 Å². The largest absolute Gasteiger partial charge is 0.329 e. The number of urea groups is 1. The second-order valence-electron chi connectivity index (χ2n) is 4.73. The van der Waals surface area contributed by atoms with E-state index in [0.29, 0.717) is 0 Å². The molecule has 3 N–H and O–H groups in total. The first-order valence-corrected chi connectivity index (χ1v) is 6.95. The van der Waals surface area contributed by atoms with Gasteiger partial charge in [-0.15, -0.1) is 0 Å². The van der Waals surface area contributed by atoms with E-state index in [1.165, 1.54) is 30.1 Å². The van der Waals surface area contributed by atoms with E-state index < -0.39 is 30.2 Å². The van der Waals surface area contributed by atoms with E-state index in [0.717, 1.165) is 4.90 Å². The molecule has 23 heavy (non-hydrogen) atoms. The molecule has 122 valence electrons. The number of anilines is 1. The second kappa shape index (κ2) is 7.01. The summed E-state index contributed by atoms with van der Waals surface area (Å²) >= 11 is 4.90. The van der Waals surface area contributed by atoms with Crippen LogP contribution in [-0.4, -0.2) is 52.9 Å². The normalized spacial score (nSPS) is 14.0. The number of imide groups is 1. The number of hydrogen-bond donors (Lipinski definition) is 3. The Labute approximate surface area is 136 Å². The predicted octanol–water partition coefficient (Wildman–Crippen LogP) is 0.0373. The Hall–Kier alpha value is -2.75. The summed E-state index contributed by atoms with van der Waals surface area (Å²) in [6.07, 6.45) is 0. The van der Waals surface area contributed by atoms with Gasteiger partial charge in [0.25, 0.3) is 11.8 Å². The molecule has 1 aromatic rings. The van der Waals surface area contributed by atoms with Gasteiger partial charge in [0.15, 0.2) is 5.11 Å². The monoisotopic (exact) mass is 339 g/mol. The third-order valence-corrected chi connectivity index (χ3v) is 3.17. The highest BCUT2D eigenvalue weighted by Gasteiger charge is 2.34. The summed E-state index contributed by atoms with van der Waals surface area (Å²) < 4.78 is 13.4. The van der Waals surface area contributed by atoms with Crippen LogP contribution < -0.4 is 16.2 Å². The number of carbonyl (C=O) groups is 3. The number of likely N-dealkylation sites (N-methyl/N-ethyl adjacent to an activating group) is 1. The number of para-hydroxylation sites is 1. The molecule has 10 heteroatoms. The van der Waals surface area contributed by atoms with Crippen molar-refractivity contribution >= 4 is 40.9 Å². The molecule has 1 fully saturated rings. The van der Waals surface area contributed by atoms with Crippen molar-refractivity contribution < 1.29 is 18.8 Å². The van der Waals surface area contributed by atoms with Gasteiger partial charge >= 0.3 is 6.03 Å². The predicted molar refractivity (Wildman–Crippen MR) is 83.6 cm³/mol. The smallest absolute Gasteiger partial charge is 0.327 e. The number of carbonyl (C=O) groups excluding carboxylic acids is 3. The van der Waals surface area contributed by atoms with Gasteiger partial charge in [0, 0.05) is 7.05 Å². The summed E-state index contributed by atoms with van der Waals surface area (Å²) in [5, 5.41) is 2.52. The van der Waals surface area contributed by atoms with E-state index in [4.69, 9.17) is 12.2 Å². The molecule has 1 saturated heterocycles. The number of nitrogens with zero attached hydrogens (tertiary/aromatic N) is 2. The number of rotatable bonds is 3. The number of benzene rings is 1. The average molecular weight is 339 g/mol. The zero-order valence-electron chi connectivity index (χ0n) is 12.1. The molecule has 0 aromatic heterocycles. The molecule has 2 rings (SSSR count). The van der Waals surface area contributed by atoms with Crippen LogP contribution in [0.4, 0.5) is 14.9 Å². The average Bonchev–Trinajstić information content (AvgIpc) is 2.74. The molecule has 0 radical (unpaired) electrons. The minimum absolute atomic E-state index is 0.0420. The van der Waals surface area contributed by atoms with Crippen molar-refractivity contribution in [2.75, 3.05) is 25.5 Å². The van der Waals surface area contributed by atoms with Crippen LogP contribution in [0.1, 0.15) is 0 Å². The van der Waals surface area contributed by atoms with Crippen LogP contribution in [0.5, 0.6) is 0 Å². The molecule has 1 aromatic carbocycles. The Bertz CT molecular complexity index is 669. The molecule has 0 spiro atoms. The van der Waals surface area contributed by atoms with Crippen molar-refractivity contribution in [3.63, 3.8) is 0 Å². The van der Waals surface area contributed by atoms with Crippen molar-refractivity contribution in [3.8, 4) is 0 Å². The van der Waals surface area contributed by atoms with Crippen molar-refractivity contribution in [3.05, 3.63) is 30.1 Å². The third kappa shape index (κ3) is 4.13. The van der Waals surface area contributed by atoms with Gasteiger partial charge in [0.1, 0.15) is 18.9 Å². The molecule has 4 amide bonds. The maximum Gasteiger partial charge on any atom is 0.327 e. The van der Waals surface area contributed by atoms with Gasteiger partial charge in [0.2, 0.25) is 0 Å². The van der Waals surface area contributed by atoms with Gasteiger partial charge in [-0.05, 0) is 24.4 Å². The number of halogens is 1. The zero-order chi connectivity index (χ0) is 17.0. The summed E-state index contributed by atoms with van der Waals surface area (Å²) in [5.41, 5.74) is 4.73. The van der Waals surface area contributed by atoms with Gasteiger partial charge in [-0.1, -0.05) is 12.1 Å². The van der Waals surface area contributed by atoms with E-state index >= 15 is 0 Å². The number of hydrazine groups is 1. The molecular weight excluding hydrogens is 325 g/mol. The van der Waals surface area contributed by atoms with Crippen LogP contribution in [0.3, 0.4) is 0 Å². The quantitative estimate of drug-likeness (QED) is 0.409. The van der Waals surface area contributed by atoms with Crippen molar-refractivity contribution in [1.82, 2.24) is 20.7 Å². The summed E-state index contributed by atoms with van der Waals surface area (Å²) in [6, 6.07) is 5.33. The van der Waals surface area contributed by atoms with Gasteiger partial charge in [0.05, 0.1) is 5.69 Å². The molecular formula is C13H14FN5O3S. The highest BCUT2D eigenvalue weighted by atomic mass is 32.1. The van der Waals surface area contributed by atoms with Crippen LogP contribution >= 0.6 is 12.2 Å². The molecule has 1 aliphatic rings. The van der Waals surface area contributed by atoms with Crippen LogP contribution in [0, 0.1) is 5.82 Å². The Morgan fingerprint density at radius 3 is 2.61 bits per heavy atom.